The molecule has 0 saturated heterocycles. The highest BCUT2D eigenvalue weighted by molar-refractivity contribution is 6.19. The van der Waals surface area contributed by atoms with Crippen LogP contribution in [0.5, 0.6) is 0 Å². The van der Waals surface area contributed by atoms with Gasteiger partial charge in [-0.15, -0.1) is 0 Å². The molecule has 278 valence electrons. The third kappa shape index (κ3) is 5.13. The van der Waals surface area contributed by atoms with Gasteiger partial charge in [-0.2, -0.15) is 0 Å². The van der Waals surface area contributed by atoms with Gasteiger partial charge in [0, 0.05) is 52.9 Å². The first-order chi connectivity index (χ1) is 45.3. The number of hydrogen-bond acceptors (Lipinski definition) is 2. The van der Waals surface area contributed by atoms with Gasteiger partial charge in [0.05, 0.1) is 45.2 Å². The van der Waals surface area contributed by atoms with Crippen LogP contribution < -0.4 is 4.90 Å². The first kappa shape index (κ1) is 12.8. The first-order valence-corrected chi connectivity index (χ1v) is 17.3. The Morgan fingerprint density at radius 2 is 1.00 bits per heavy atom. The van der Waals surface area contributed by atoms with Crippen molar-refractivity contribution in [3.63, 3.8) is 0 Å². The Morgan fingerprint density at radius 1 is 0.407 bits per heavy atom. The molecule has 0 N–H and O–H groups in total. The maximum absolute atomic E-state index is 10.2. The predicted octanol–water partition coefficient (Wildman–Crippen LogP) is 16.2. The Morgan fingerprint density at radius 3 is 1.81 bits per heavy atom. The molecule has 0 spiro atoms. The van der Waals surface area contributed by atoms with E-state index in [-0.39, 0.29) is 4.90 Å². The SMILES string of the molecule is [2H]c1c([2H])c([2H])c(-c2c([2H])c3c(oc4c([2H])c(N(c5c([2H])c([2H])c(-c6c([2H])c7c([2H])c([2H])c([2H])c([2H])c7c7c([2H])c([2H])c([2H])c([2H])c67)c([2H])c5[2H])c5c([2H])c([2H])c6c(c5[2H])C(C([2H])([2H])[2H])(C([2H])([2H])[2H])c5c([2H])c([2H])c([2H])c([2H])c5-6)c([2H])c([2H])c43)c3c([2H])c([2H])c([2H])c([2H])c23)c([2H])c1[2H]. The standard InChI is InChI=1S/C57H39NO/c1-57(2)53-23-13-12-21-46(53)47-30-28-40(33-54(47)57)58(39-26-24-37(25-27-39)50-32-38-16-6-7-17-42(38)43-18-8-9-19-44(43)50)41-29-31-48-52-35-51(36-14-4-3-5-15-36)45-20-10-11-22-49(45)56(52)59-55(48)34-41/h3-35H,1-2H3/i1D3,2D3,3D,4D,5D,6D,7D,8D,9D,10D,11D,12D,13D,14D,15D,16D,17D,18D,19D,20D,21D,22D,23D,24D,25D,26D,27D,28D,29D,30D,31D,32D,33D,34D,35D. The van der Waals surface area contributed by atoms with Gasteiger partial charge >= 0.3 is 0 Å². The molecule has 0 radical (unpaired) electrons. The lowest BCUT2D eigenvalue weighted by molar-refractivity contribution is 0.660. The van der Waals surface area contributed by atoms with Gasteiger partial charge in [0.2, 0.25) is 0 Å². The van der Waals surface area contributed by atoms with Gasteiger partial charge in [0.15, 0.2) is 0 Å². The fourth-order valence-corrected chi connectivity index (χ4v) is 7.14. The highest BCUT2D eigenvalue weighted by Gasteiger charge is 2.35. The van der Waals surface area contributed by atoms with Crippen molar-refractivity contribution in [2.24, 2.45) is 0 Å². The second kappa shape index (κ2) is 12.8. The fraction of sp³-hybridized carbons (Fsp3) is 0.0526. The third-order valence-electron chi connectivity index (χ3n) is 9.76. The van der Waals surface area contributed by atoms with Crippen molar-refractivity contribution in [2.75, 3.05) is 4.90 Å². The fourth-order valence-electron chi connectivity index (χ4n) is 7.14. The van der Waals surface area contributed by atoms with Gasteiger partial charge in [0.25, 0.3) is 0 Å². The summed E-state index contributed by atoms with van der Waals surface area (Å²) >= 11 is 0. The van der Waals surface area contributed by atoms with Crippen LogP contribution in [0.25, 0.3) is 87.6 Å². The quantitative estimate of drug-likeness (QED) is 0.161. The first-order valence-electron chi connectivity index (χ1n) is 36.8. The van der Waals surface area contributed by atoms with Crippen LogP contribution in [0.1, 0.15) is 78.3 Å². The largest absolute Gasteiger partial charge is 0.455 e. The second-order valence-corrected chi connectivity index (χ2v) is 13.0. The number of nitrogens with zero attached hydrogens (tertiary/aromatic N) is 1. The molecule has 1 heterocycles. The summed E-state index contributed by atoms with van der Waals surface area (Å²) in [6.45, 7) is -8.21. The van der Waals surface area contributed by atoms with Crippen molar-refractivity contribution >= 4 is 71.3 Å². The molecule has 12 rings (SSSR count). The minimum Gasteiger partial charge on any atom is -0.455 e. The molecule has 0 bridgehead atoms. The zero-order valence-corrected chi connectivity index (χ0v) is 29.4. The van der Waals surface area contributed by atoms with Crippen molar-refractivity contribution in [2.45, 2.75) is 19.1 Å². The highest BCUT2D eigenvalue weighted by atomic mass is 16.3. The summed E-state index contributed by atoms with van der Waals surface area (Å²) in [4.78, 5) is 0.150. The molecule has 59 heavy (non-hydrogen) atoms. The number of furan rings is 1. The molecule has 1 aliphatic rings. The van der Waals surface area contributed by atoms with Crippen LogP contribution >= 0.6 is 0 Å². The van der Waals surface area contributed by atoms with Crippen LogP contribution in [0.2, 0.25) is 0 Å². The molecule has 10 aromatic carbocycles. The van der Waals surface area contributed by atoms with Crippen LogP contribution in [-0.2, 0) is 5.41 Å². The molecule has 1 aliphatic carbocycles. The predicted molar refractivity (Wildman–Crippen MR) is 249 cm³/mol. The minimum atomic E-state index is -4.10. The summed E-state index contributed by atoms with van der Waals surface area (Å²) in [5, 5.41) is -5.95. The molecule has 0 atom stereocenters. The molecule has 1 aromatic heterocycles. The van der Waals surface area contributed by atoms with E-state index < -0.39 is 334 Å². The molecular formula is C57H39NO. The Balaban J connectivity index is 1.32. The van der Waals surface area contributed by atoms with E-state index in [0.717, 1.165) is 0 Å². The molecule has 0 saturated carbocycles. The van der Waals surface area contributed by atoms with Gasteiger partial charge in [-0.3, -0.25) is 0 Å². The molecule has 2 nitrogen and oxygen atoms in total. The van der Waals surface area contributed by atoms with Crippen molar-refractivity contribution in [3.8, 4) is 33.4 Å². The summed E-state index contributed by atoms with van der Waals surface area (Å²) in [6, 6.07) is -37.9. The Hall–Kier alpha value is -7.42. The van der Waals surface area contributed by atoms with E-state index in [4.69, 9.17) is 38.7 Å². The maximum Gasteiger partial charge on any atom is 0.143 e. The smallest absolute Gasteiger partial charge is 0.143 e. The molecule has 0 amide bonds. The van der Waals surface area contributed by atoms with Crippen molar-refractivity contribution in [3.05, 3.63) is 211 Å². The van der Waals surface area contributed by atoms with E-state index in [0.29, 0.717) is 0 Å². The average molecular weight is 793 g/mol. The van der Waals surface area contributed by atoms with Gasteiger partial charge in [-0.25, -0.2) is 0 Å². The van der Waals surface area contributed by atoms with Gasteiger partial charge in [-0.05, 0) is 120 Å². The summed E-state index contributed by atoms with van der Waals surface area (Å²) in [6.07, 6.45) is 0. The van der Waals surface area contributed by atoms with Crippen LogP contribution in [0.3, 0.4) is 0 Å². The Labute approximate surface area is 398 Å². The maximum atomic E-state index is 10.2. The molecular weight excluding hydrogens is 715 g/mol. The summed E-state index contributed by atoms with van der Waals surface area (Å²) in [7, 11) is 0. The summed E-state index contributed by atoms with van der Waals surface area (Å²) in [5.74, 6) is 0. The van der Waals surface area contributed by atoms with E-state index in [1.54, 1.807) is 0 Å². The van der Waals surface area contributed by atoms with Crippen LogP contribution in [0.4, 0.5) is 17.1 Å². The molecule has 0 unspecified atom stereocenters. The molecule has 0 aliphatic heterocycles. The van der Waals surface area contributed by atoms with E-state index in [1.165, 1.54) is 0 Å². The van der Waals surface area contributed by atoms with Gasteiger partial charge in [-0.1, -0.05) is 159 Å². The highest BCUT2D eigenvalue weighted by Crippen LogP contribution is 2.51. The number of rotatable bonds is 5. The van der Waals surface area contributed by atoms with Crippen LogP contribution in [-0.4, -0.2) is 0 Å². The van der Waals surface area contributed by atoms with E-state index >= 15 is 0 Å². The van der Waals surface area contributed by atoms with Crippen molar-refractivity contribution in [1.82, 2.24) is 0 Å². The van der Waals surface area contributed by atoms with Gasteiger partial charge < -0.3 is 9.32 Å². The van der Waals surface area contributed by atoms with Gasteiger partial charge in [0.1, 0.15) is 11.2 Å². The van der Waals surface area contributed by atoms with Crippen LogP contribution in [0, 0.1) is 0 Å². The number of fused-ring (bicyclic) bond motifs is 11. The van der Waals surface area contributed by atoms with Crippen LogP contribution in [0.15, 0.2) is 204 Å². The minimum absolute atomic E-state index is 0.150. The Bertz CT molecular complexity index is 5580. The molecule has 2 heteroatoms. The van der Waals surface area contributed by atoms with E-state index in [9.17, 15) is 19.2 Å². The Kier molecular flexibility index (Phi) is 2.77. The lowest BCUT2D eigenvalue weighted by atomic mass is 9.82. The zero-order valence-electron chi connectivity index (χ0n) is 68.4. The topological polar surface area (TPSA) is 16.4 Å². The number of benzene rings is 10. The number of hydrogen-bond donors (Lipinski definition) is 0. The van der Waals surface area contributed by atoms with Crippen molar-refractivity contribution < 1.29 is 57.9 Å². The lowest BCUT2D eigenvalue weighted by Crippen LogP contribution is -2.16. The molecule has 0 fully saturated rings. The van der Waals surface area contributed by atoms with Crippen molar-refractivity contribution in [1.29, 1.82) is 0 Å². The summed E-state index contributed by atoms with van der Waals surface area (Å²) < 4.78 is 364. The third-order valence-corrected chi connectivity index (χ3v) is 9.76. The van der Waals surface area contributed by atoms with E-state index in [1.807, 2.05) is 0 Å². The lowest BCUT2D eigenvalue weighted by Gasteiger charge is -2.28. The van der Waals surface area contributed by atoms with E-state index in [2.05, 4.69) is 0 Å². The normalized spacial score (nSPS) is 22.8. The zero-order chi connectivity index (χ0) is 73.0. The number of anilines is 3. The average Bonchev–Trinajstić information content (AvgIpc) is 1.47. The monoisotopic (exact) mass is 793 g/mol. The second-order valence-electron chi connectivity index (χ2n) is 13.0. The summed E-state index contributed by atoms with van der Waals surface area (Å²) in [5.41, 5.74) is -18.3. The molecule has 11 aromatic rings.